The number of hydrogen-bond acceptors (Lipinski definition) is 8. The van der Waals surface area contributed by atoms with Crippen molar-refractivity contribution in [3.8, 4) is 34.1 Å². The number of hydrogen-bond donors (Lipinski definition) is 1. The Morgan fingerprint density at radius 1 is 0.944 bits per heavy atom. The van der Waals surface area contributed by atoms with Crippen LogP contribution in [0.15, 0.2) is 52.9 Å². The van der Waals surface area contributed by atoms with E-state index in [9.17, 15) is 9.59 Å². The SMILES string of the molecule is COc1ccc(CCNC(=O)Cn2cnc3scc(-c4ccc(OC)c(OC)c4)c3c2=O)cc1OC. The Bertz CT molecular complexity index is 1450. The standard InChI is InChI=1S/C26H27N3O6S/c1-32-19-7-5-16(11-21(19)34-3)9-10-27-23(30)13-29-15-28-25-24(26(29)31)18(14-36-25)17-6-8-20(33-2)22(12-17)35-4/h5-8,11-12,14-15H,9-10,13H2,1-4H3,(H,27,30). The van der Waals surface area contributed by atoms with Crippen LogP contribution in [0.2, 0.25) is 0 Å². The molecule has 188 valence electrons. The Kier molecular flexibility index (Phi) is 7.74. The van der Waals surface area contributed by atoms with Crippen LogP contribution in [0, 0.1) is 0 Å². The Balaban J connectivity index is 1.48. The summed E-state index contributed by atoms with van der Waals surface area (Å²) in [7, 11) is 6.29. The van der Waals surface area contributed by atoms with Crippen LogP contribution in [0.4, 0.5) is 0 Å². The zero-order valence-electron chi connectivity index (χ0n) is 20.5. The number of nitrogens with one attached hydrogen (secondary N) is 1. The van der Waals surface area contributed by atoms with E-state index in [1.54, 1.807) is 34.5 Å². The van der Waals surface area contributed by atoms with E-state index in [1.807, 2.05) is 35.7 Å². The van der Waals surface area contributed by atoms with Gasteiger partial charge in [-0.25, -0.2) is 4.98 Å². The summed E-state index contributed by atoms with van der Waals surface area (Å²) in [6.07, 6.45) is 2.01. The highest BCUT2D eigenvalue weighted by atomic mass is 32.1. The summed E-state index contributed by atoms with van der Waals surface area (Å²) in [6, 6.07) is 11.1. The average Bonchev–Trinajstić information content (AvgIpc) is 3.34. The summed E-state index contributed by atoms with van der Waals surface area (Å²) in [5.41, 5.74) is 2.25. The molecule has 0 radical (unpaired) electrons. The highest BCUT2D eigenvalue weighted by Crippen LogP contribution is 2.36. The number of amides is 1. The van der Waals surface area contributed by atoms with Gasteiger partial charge in [-0.2, -0.15) is 0 Å². The number of nitrogens with zero attached hydrogens (tertiary/aromatic N) is 2. The molecule has 0 bridgehead atoms. The van der Waals surface area contributed by atoms with E-state index in [0.717, 1.165) is 16.7 Å². The van der Waals surface area contributed by atoms with E-state index in [0.29, 0.717) is 46.2 Å². The first-order valence-electron chi connectivity index (χ1n) is 11.2. The van der Waals surface area contributed by atoms with Crippen molar-refractivity contribution in [2.45, 2.75) is 13.0 Å². The maximum Gasteiger partial charge on any atom is 0.263 e. The smallest absolute Gasteiger partial charge is 0.263 e. The Labute approximate surface area is 212 Å². The second-order valence-corrected chi connectivity index (χ2v) is 8.72. The van der Waals surface area contributed by atoms with Gasteiger partial charge in [-0.3, -0.25) is 14.2 Å². The molecule has 0 atom stereocenters. The van der Waals surface area contributed by atoms with Gasteiger partial charge < -0.3 is 24.3 Å². The van der Waals surface area contributed by atoms with Gasteiger partial charge in [-0.1, -0.05) is 12.1 Å². The van der Waals surface area contributed by atoms with Crippen LogP contribution in [0.3, 0.4) is 0 Å². The monoisotopic (exact) mass is 509 g/mol. The van der Waals surface area contributed by atoms with Gasteiger partial charge in [0.05, 0.1) is 40.2 Å². The number of fused-ring (bicyclic) bond motifs is 1. The minimum absolute atomic E-state index is 0.130. The topological polar surface area (TPSA) is 101 Å². The lowest BCUT2D eigenvalue weighted by Gasteiger charge is -2.11. The number of thiophene rings is 1. The zero-order chi connectivity index (χ0) is 25.7. The normalized spacial score (nSPS) is 10.8. The first-order chi connectivity index (χ1) is 17.5. The van der Waals surface area contributed by atoms with Crippen LogP contribution in [0.5, 0.6) is 23.0 Å². The second kappa shape index (κ2) is 11.1. The lowest BCUT2D eigenvalue weighted by Crippen LogP contribution is -2.33. The molecule has 0 aliphatic heterocycles. The van der Waals surface area contributed by atoms with Crippen molar-refractivity contribution >= 4 is 27.5 Å². The highest BCUT2D eigenvalue weighted by molar-refractivity contribution is 7.17. The van der Waals surface area contributed by atoms with Gasteiger partial charge in [0, 0.05) is 17.5 Å². The minimum Gasteiger partial charge on any atom is -0.493 e. The predicted molar refractivity (Wildman–Crippen MR) is 139 cm³/mol. The third-order valence-electron chi connectivity index (χ3n) is 5.75. The Morgan fingerprint density at radius 3 is 2.31 bits per heavy atom. The van der Waals surface area contributed by atoms with E-state index >= 15 is 0 Å². The van der Waals surface area contributed by atoms with Crippen molar-refractivity contribution in [3.05, 3.63) is 64.0 Å². The number of carbonyl (C=O) groups is 1. The van der Waals surface area contributed by atoms with Crippen LogP contribution in [0.1, 0.15) is 5.56 Å². The molecule has 4 aromatic rings. The van der Waals surface area contributed by atoms with Crippen molar-refractivity contribution in [2.75, 3.05) is 35.0 Å². The summed E-state index contributed by atoms with van der Waals surface area (Å²) < 4.78 is 22.6. The molecule has 0 saturated carbocycles. The maximum atomic E-state index is 13.3. The number of methoxy groups -OCH3 is 4. The second-order valence-electron chi connectivity index (χ2n) is 7.87. The van der Waals surface area contributed by atoms with Gasteiger partial charge in [0.2, 0.25) is 5.91 Å². The van der Waals surface area contributed by atoms with Crippen molar-refractivity contribution in [2.24, 2.45) is 0 Å². The van der Waals surface area contributed by atoms with Gasteiger partial charge in [0.15, 0.2) is 23.0 Å². The largest absolute Gasteiger partial charge is 0.493 e. The summed E-state index contributed by atoms with van der Waals surface area (Å²) in [6.45, 7) is 0.281. The molecule has 2 aromatic carbocycles. The van der Waals surface area contributed by atoms with Gasteiger partial charge in [0.1, 0.15) is 11.4 Å². The molecule has 4 rings (SSSR count). The van der Waals surface area contributed by atoms with Gasteiger partial charge in [-0.15, -0.1) is 11.3 Å². The fraction of sp³-hybridized carbons (Fsp3) is 0.269. The Hall–Kier alpha value is -4.05. The zero-order valence-corrected chi connectivity index (χ0v) is 21.3. The van der Waals surface area contributed by atoms with E-state index < -0.39 is 0 Å². The molecule has 36 heavy (non-hydrogen) atoms. The molecule has 1 amide bonds. The van der Waals surface area contributed by atoms with E-state index in [-0.39, 0.29) is 18.0 Å². The summed E-state index contributed by atoms with van der Waals surface area (Å²) >= 11 is 1.37. The van der Waals surface area contributed by atoms with Gasteiger partial charge >= 0.3 is 0 Å². The quantitative estimate of drug-likeness (QED) is 0.349. The molecule has 2 aromatic heterocycles. The fourth-order valence-electron chi connectivity index (χ4n) is 3.89. The third-order valence-corrected chi connectivity index (χ3v) is 6.64. The molecule has 0 spiro atoms. The number of rotatable bonds is 10. The minimum atomic E-state index is -0.277. The van der Waals surface area contributed by atoms with E-state index in [4.69, 9.17) is 18.9 Å². The van der Waals surface area contributed by atoms with Gasteiger partial charge in [-0.05, 0) is 41.8 Å². The molecule has 2 heterocycles. The van der Waals surface area contributed by atoms with Crippen LogP contribution in [-0.4, -0.2) is 50.4 Å². The number of ether oxygens (including phenoxy) is 4. The maximum absolute atomic E-state index is 13.3. The molecule has 10 heteroatoms. The summed E-state index contributed by atoms with van der Waals surface area (Å²) in [4.78, 5) is 30.9. The molecule has 9 nitrogen and oxygen atoms in total. The molecule has 0 fully saturated rings. The Morgan fingerprint density at radius 2 is 1.61 bits per heavy atom. The first-order valence-corrected chi connectivity index (χ1v) is 12.0. The van der Waals surface area contributed by atoms with Crippen LogP contribution >= 0.6 is 11.3 Å². The van der Waals surface area contributed by atoms with Crippen LogP contribution in [-0.2, 0) is 17.8 Å². The molecule has 0 saturated heterocycles. The van der Waals surface area contributed by atoms with Gasteiger partial charge in [0.25, 0.3) is 5.56 Å². The lowest BCUT2D eigenvalue weighted by molar-refractivity contribution is -0.121. The van der Waals surface area contributed by atoms with Crippen molar-refractivity contribution in [1.29, 1.82) is 0 Å². The molecule has 0 aliphatic carbocycles. The number of carbonyl (C=O) groups excluding carboxylic acids is 1. The molecule has 0 unspecified atom stereocenters. The van der Waals surface area contributed by atoms with Crippen molar-refractivity contribution < 1.29 is 23.7 Å². The van der Waals surface area contributed by atoms with Crippen molar-refractivity contribution in [1.82, 2.24) is 14.9 Å². The molecular weight excluding hydrogens is 482 g/mol. The number of aromatic nitrogens is 2. The molecular formula is C26H27N3O6S. The third kappa shape index (κ3) is 5.13. The summed E-state index contributed by atoms with van der Waals surface area (Å²) in [5.74, 6) is 2.16. The van der Waals surface area contributed by atoms with Crippen LogP contribution in [0.25, 0.3) is 21.3 Å². The summed E-state index contributed by atoms with van der Waals surface area (Å²) in [5, 5.41) is 5.21. The first kappa shape index (κ1) is 25.1. The fourth-order valence-corrected chi connectivity index (χ4v) is 4.80. The molecule has 1 N–H and O–H groups in total. The predicted octanol–water partition coefficient (Wildman–Crippen LogP) is 3.52. The van der Waals surface area contributed by atoms with Crippen molar-refractivity contribution in [3.63, 3.8) is 0 Å². The average molecular weight is 510 g/mol. The van der Waals surface area contributed by atoms with Crippen LogP contribution < -0.4 is 29.8 Å². The lowest BCUT2D eigenvalue weighted by atomic mass is 10.1. The van der Waals surface area contributed by atoms with E-state index in [2.05, 4.69) is 10.3 Å². The number of benzene rings is 2. The highest BCUT2D eigenvalue weighted by Gasteiger charge is 2.16. The molecule has 0 aliphatic rings. The van der Waals surface area contributed by atoms with E-state index in [1.165, 1.54) is 22.2 Å².